The van der Waals surface area contributed by atoms with Gasteiger partial charge in [0.2, 0.25) is 11.9 Å². The van der Waals surface area contributed by atoms with Crippen LogP contribution in [0.2, 0.25) is 0 Å². The normalized spacial score (nSPS) is 27.9. The highest BCUT2D eigenvalue weighted by Gasteiger charge is 2.39. The van der Waals surface area contributed by atoms with Crippen molar-refractivity contribution in [2.75, 3.05) is 32.1 Å². The Morgan fingerprint density at radius 2 is 1.97 bits per heavy atom. The van der Waals surface area contributed by atoms with Crippen molar-refractivity contribution in [2.45, 2.75) is 76.5 Å². The van der Waals surface area contributed by atoms with Gasteiger partial charge in [-0.05, 0) is 50.9 Å². The monoisotopic (exact) mass is 473 g/mol. The topological polar surface area (TPSA) is 99.3 Å². The number of halogens is 1. The Labute approximate surface area is 202 Å². The molecule has 8 nitrogen and oxygen atoms in total. The van der Waals surface area contributed by atoms with Crippen LogP contribution in [0.3, 0.4) is 0 Å². The lowest BCUT2D eigenvalue weighted by Crippen LogP contribution is -2.67. The fraction of sp³-hybridized carbons (Fsp3) is 0.680. The second-order valence-electron chi connectivity index (χ2n) is 9.67. The molecule has 0 amide bonds. The molecule has 2 heterocycles. The number of nitrogens with zero attached hydrogens (tertiary/aromatic N) is 3. The fourth-order valence-electron chi connectivity index (χ4n) is 5.40. The summed E-state index contributed by atoms with van der Waals surface area (Å²) < 4.78 is 19.3. The highest BCUT2D eigenvalue weighted by atomic mass is 19.1. The molecule has 0 spiro atoms. The Morgan fingerprint density at radius 1 is 1.21 bits per heavy atom. The standard InChI is InChI=1S/C25H40FN7O/c1-3-33-15-9-12-20(33)17-28-23-30-24(29-19-13-14-22(34-2)21(26)16-19)32-25(27,31-23)18-10-7-5-4-6-8-11-18/h13-14,16,18,20H,3-12,15,17,27H2,1-2H3,(H3,28,29,30,31,32). The summed E-state index contributed by atoms with van der Waals surface area (Å²) in [5, 5.41) is 9.89. The Kier molecular flexibility index (Phi) is 8.26. The first-order valence-electron chi connectivity index (χ1n) is 12.8. The molecule has 1 saturated heterocycles. The van der Waals surface area contributed by atoms with Gasteiger partial charge in [-0.15, -0.1) is 0 Å². The molecule has 0 radical (unpaired) electrons. The molecule has 2 atom stereocenters. The van der Waals surface area contributed by atoms with Crippen molar-refractivity contribution in [3.8, 4) is 5.75 Å². The fourth-order valence-corrected chi connectivity index (χ4v) is 5.40. The first-order valence-corrected chi connectivity index (χ1v) is 12.8. The van der Waals surface area contributed by atoms with Crippen molar-refractivity contribution in [3.05, 3.63) is 24.0 Å². The van der Waals surface area contributed by atoms with Crippen molar-refractivity contribution in [2.24, 2.45) is 21.6 Å². The third-order valence-electron chi connectivity index (χ3n) is 7.36. The summed E-state index contributed by atoms with van der Waals surface area (Å²) >= 11 is 0. The zero-order valence-corrected chi connectivity index (χ0v) is 20.6. The molecule has 0 bridgehead atoms. The number of aliphatic imine (C=N–C) groups is 2. The average Bonchev–Trinajstić information content (AvgIpc) is 3.25. The van der Waals surface area contributed by atoms with E-state index in [1.807, 2.05) is 0 Å². The molecule has 2 unspecified atom stereocenters. The van der Waals surface area contributed by atoms with E-state index in [1.54, 1.807) is 12.1 Å². The number of anilines is 1. The zero-order chi connectivity index (χ0) is 24.0. The largest absolute Gasteiger partial charge is 0.494 e. The van der Waals surface area contributed by atoms with Crippen LogP contribution in [0.5, 0.6) is 5.75 Å². The third-order valence-corrected chi connectivity index (χ3v) is 7.36. The van der Waals surface area contributed by atoms with Crippen LogP contribution in [-0.2, 0) is 0 Å². The third kappa shape index (κ3) is 5.99. The number of likely N-dealkylation sites (N-methyl/N-ethyl adjacent to an activating group) is 1. The van der Waals surface area contributed by atoms with Crippen LogP contribution in [0.15, 0.2) is 28.2 Å². The summed E-state index contributed by atoms with van der Waals surface area (Å²) in [7, 11) is 1.45. The van der Waals surface area contributed by atoms with Gasteiger partial charge in [-0.25, -0.2) is 9.38 Å². The number of methoxy groups -OCH3 is 1. The van der Waals surface area contributed by atoms with Crippen molar-refractivity contribution in [1.82, 2.24) is 15.5 Å². The molecule has 3 aliphatic rings. The van der Waals surface area contributed by atoms with Gasteiger partial charge >= 0.3 is 0 Å². The zero-order valence-electron chi connectivity index (χ0n) is 20.6. The number of guanidine groups is 2. The lowest BCUT2D eigenvalue weighted by Gasteiger charge is -2.40. The average molecular weight is 474 g/mol. The number of benzene rings is 1. The second-order valence-corrected chi connectivity index (χ2v) is 9.67. The molecule has 188 valence electrons. The van der Waals surface area contributed by atoms with Gasteiger partial charge in [0.05, 0.1) is 13.7 Å². The minimum atomic E-state index is -0.963. The van der Waals surface area contributed by atoms with Crippen LogP contribution in [0, 0.1) is 11.7 Å². The van der Waals surface area contributed by atoms with Crippen LogP contribution in [-0.4, -0.2) is 55.4 Å². The van der Waals surface area contributed by atoms with Crippen LogP contribution in [0.4, 0.5) is 10.1 Å². The molecule has 5 N–H and O–H groups in total. The van der Waals surface area contributed by atoms with Crippen LogP contribution in [0.25, 0.3) is 0 Å². The van der Waals surface area contributed by atoms with Gasteiger partial charge in [0, 0.05) is 23.7 Å². The first kappa shape index (κ1) is 24.7. The smallest absolute Gasteiger partial charge is 0.206 e. The van der Waals surface area contributed by atoms with Gasteiger partial charge in [0.25, 0.3) is 0 Å². The van der Waals surface area contributed by atoms with E-state index in [9.17, 15) is 4.39 Å². The minimum Gasteiger partial charge on any atom is -0.494 e. The number of likely N-dealkylation sites (tertiary alicyclic amines) is 1. The Morgan fingerprint density at radius 3 is 2.68 bits per heavy atom. The number of ether oxygens (including phenoxy) is 1. The van der Waals surface area contributed by atoms with Gasteiger partial charge in [-0.1, -0.05) is 39.0 Å². The number of rotatable bonds is 6. The predicted octanol–water partition coefficient (Wildman–Crippen LogP) is 3.61. The Balaban J connectivity index is 1.56. The lowest BCUT2D eigenvalue weighted by molar-refractivity contribution is 0.205. The molecular formula is C25H40FN7O. The summed E-state index contributed by atoms with van der Waals surface area (Å²) in [6.07, 6.45) is 10.5. The van der Waals surface area contributed by atoms with E-state index in [0.29, 0.717) is 30.2 Å². The van der Waals surface area contributed by atoms with E-state index in [1.165, 1.54) is 38.9 Å². The quantitative estimate of drug-likeness (QED) is 0.504. The molecule has 4 rings (SSSR count). The van der Waals surface area contributed by atoms with Crippen LogP contribution >= 0.6 is 0 Å². The van der Waals surface area contributed by atoms with E-state index < -0.39 is 11.6 Å². The number of hydrogen-bond acceptors (Lipinski definition) is 6. The second kappa shape index (κ2) is 11.4. The molecule has 2 fully saturated rings. The van der Waals surface area contributed by atoms with Crippen molar-refractivity contribution in [1.29, 1.82) is 0 Å². The number of nitrogens with one attached hydrogen (secondary N) is 3. The highest BCUT2D eigenvalue weighted by molar-refractivity contribution is 6.07. The number of hydrogen-bond donors (Lipinski definition) is 4. The van der Waals surface area contributed by atoms with E-state index in [0.717, 1.165) is 45.2 Å². The van der Waals surface area contributed by atoms with Gasteiger partial charge in [0.15, 0.2) is 17.4 Å². The summed E-state index contributed by atoms with van der Waals surface area (Å²) in [5.74, 6) is 0.102. The van der Waals surface area contributed by atoms with Gasteiger partial charge < -0.3 is 15.4 Å². The molecule has 0 aromatic heterocycles. The van der Waals surface area contributed by atoms with Crippen molar-refractivity contribution in [3.63, 3.8) is 0 Å². The van der Waals surface area contributed by atoms with Gasteiger partial charge in [0.1, 0.15) is 0 Å². The summed E-state index contributed by atoms with van der Waals surface area (Å²) in [6.45, 7) is 5.07. The van der Waals surface area contributed by atoms with Crippen molar-refractivity contribution >= 4 is 17.6 Å². The van der Waals surface area contributed by atoms with E-state index in [2.05, 4.69) is 27.8 Å². The lowest BCUT2D eigenvalue weighted by atomic mass is 9.86. The molecule has 34 heavy (non-hydrogen) atoms. The SMILES string of the molecule is CCN1CCCC1CN=C1NC(Nc2ccc(OC)c(F)c2)=NC(N)(C2CCCCCCC2)N1. The van der Waals surface area contributed by atoms with Crippen LogP contribution < -0.4 is 26.4 Å². The van der Waals surface area contributed by atoms with Crippen LogP contribution in [0.1, 0.15) is 64.7 Å². The van der Waals surface area contributed by atoms with Crippen molar-refractivity contribution < 1.29 is 9.13 Å². The van der Waals surface area contributed by atoms with E-state index in [-0.39, 0.29) is 11.7 Å². The molecule has 9 heteroatoms. The van der Waals surface area contributed by atoms with Gasteiger partial charge in [-0.2, -0.15) is 0 Å². The Hall–Kier alpha value is -2.39. The molecular weight excluding hydrogens is 433 g/mol. The number of nitrogens with two attached hydrogens (primary N) is 1. The molecule has 1 aliphatic carbocycles. The Bertz CT molecular complexity index is 884. The van der Waals surface area contributed by atoms with E-state index >= 15 is 0 Å². The molecule has 2 aliphatic heterocycles. The summed E-state index contributed by atoms with van der Waals surface area (Å²) in [5.41, 5.74) is 7.51. The molecule has 1 saturated carbocycles. The predicted molar refractivity (Wildman–Crippen MR) is 136 cm³/mol. The first-order chi connectivity index (χ1) is 16.5. The molecule has 1 aromatic carbocycles. The summed E-state index contributed by atoms with van der Waals surface area (Å²) in [6, 6.07) is 5.20. The summed E-state index contributed by atoms with van der Waals surface area (Å²) in [4.78, 5) is 12.2. The maximum atomic E-state index is 14.3. The highest BCUT2D eigenvalue weighted by Crippen LogP contribution is 2.30. The minimum absolute atomic E-state index is 0.197. The maximum absolute atomic E-state index is 14.3. The maximum Gasteiger partial charge on any atom is 0.206 e. The van der Waals surface area contributed by atoms with Gasteiger partial charge in [-0.3, -0.25) is 20.9 Å². The van der Waals surface area contributed by atoms with E-state index in [4.69, 9.17) is 20.5 Å². The molecule has 1 aromatic rings.